The molecule has 0 saturated carbocycles. The van der Waals surface area contributed by atoms with Gasteiger partial charge in [-0.3, -0.25) is 0 Å². The largest absolute Gasteiger partial charge is 0.422 e. The third kappa shape index (κ3) is 2.90. The molecule has 0 N–H and O–H groups in total. The van der Waals surface area contributed by atoms with Crippen LogP contribution in [0.15, 0.2) is 59.5 Å². The standard InChI is InChI=1S/C18H11ClO2S2/c19-12-6-7-15-14(9-12)17-11(10-22-15)8-16(23-17)18(20)21-13-4-2-1-3-5-13/h1-9H,10H2. The Bertz CT molecular complexity index is 887. The maximum absolute atomic E-state index is 12.4. The zero-order chi connectivity index (χ0) is 15.8. The van der Waals surface area contributed by atoms with E-state index in [1.54, 1.807) is 23.9 Å². The second-order valence-electron chi connectivity index (χ2n) is 5.10. The molecule has 0 unspecified atom stereocenters. The van der Waals surface area contributed by atoms with E-state index in [2.05, 4.69) is 0 Å². The van der Waals surface area contributed by atoms with E-state index in [0.29, 0.717) is 15.6 Å². The van der Waals surface area contributed by atoms with Crippen LogP contribution in [0.1, 0.15) is 15.2 Å². The summed E-state index contributed by atoms with van der Waals surface area (Å²) in [5.74, 6) is 1.10. The van der Waals surface area contributed by atoms with Gasteiger partial charge >= 0.3 is 5.97 Å². The normalized spacial score (nSPS) is 12.4. The van der Waals surface area contributed by atoms with E-state index in [-0.39, 0.29) is 5.97 Å². The van der Waals surface area contributed by atoms with Crippen molar-refractivity contribution in [3.05, 3.63) is 70.1 Å². The highest BCUT2D eigenvalue weighted by atomic mass is 35.5. The maximum atomic E-state index is 12.4. The van der Waals surface area contributed by atoms with Gasteiger partial charge in [-0.2, -0.15) is 0 Å². The lowest BCUT2D eigenvalue weighted by molar-refractivity contribution is 0.0740. The van der Waals surface area contributed by atoms with E-state index in [1.807, 2.05) is 42.5 Å². The first kappa shape index (κ1) is 14.8. The molecule has 0 radical (unpaired) electrons. The van der Waals surface area contributed by atoms with Gasteiger partial charge in [0.05, 0.1) is 0 Å². The third-order valence-corrected chi connectivity index (χ3v) is 6.08. The molecule has 0 atom stereocenters. The van der Waals surface area contributed by atoms with E-state index in [4.69, 9.17) is 16.3 Å². The topological polar surface area (TPSA) is 26.3 Å². The fraction of sp³-hybridized carbons (Fsp3) is 0.0556. The first-order chi connectivity index (χ1) is 11.2. The van der Waals surface area contributed by atoms with Crippen LogP contribution in [0.3, 0.4) is 0 Å². The number of hydrogen-bond donors (Lipinski definition) is 0. The van der Waals surface area contributed by atoms with Crippen molar-refractivity contribution in [2.24, 2.45) is 0 Å². The fourth-order valence-corrected chi connectivity index (χ4v) is 4.91. The lowest BCUT2D eigenvalue weighted by Crippen LogP contribution is -2.06. The minimum Gasteiger partial charge on any atom is -0.422 e. The van der Waals surface area contributed by atoms with E-state index >= 15 is 0 Å². The van der Waals surface area contributed by atoms with Crippen LogP contribution >= 0.6 is 34.7 Å². The lowest BCUT2D eigenvalue weighted by atomic mass is 10.1. The number of para-hydroxylation sites is 1. The van der Waals surface area contributed by atoms with Crippen molar-refractivity contribution < 1.29 is 9.53 Å². The van der Waals surface area contributed by atoms with Gasteiger partial charge < -0.3 is 4.74 Å². The number of rotatable bonds is 2. The first-order valence-electron chi connectivity index (χ1n) is 7.03. The van der Waals surface area contributed by atoms with Crippen molar-refractivity contribution in [1.29, 1.82) is 0 Å². The molecule has 0 fully saturated rings. The van der Waals surface area contributed by atoms with E-state index in [1.165, 1.54) is 16.2 Å². The highest BCUT2D eigenvalue weighted by Crippen LogP contribution is 2.46. The first-order valence-corrected chi connectivity index (χ1v) is 9.21. The Balaban J connectivity index is 1.67. The number of thiophene rings is 1. The van der Waals surface area contributed by atoms with Crippen molar-refractivity contribution in [3.63, 3.8) is 0 Å². The van der Waals surface area contributed by atoms with Gasteiger partial charge in [-0.25, -0.2) is 4.79 Å². The lowest BCUT2D eigenvalue weighted by Gasteiger charge is -2.15. The summed E-state index contributed by atoms with van der Waals surface area (Å²) in [6.45, 7) is 0. The number of esters is 1. The highest BCUT2D eigenvalue weighted by Gasteiger charge is 2.23. The van der Waals surface area contributed by atoms with Crippen molar-refractivity contribution in [3.8, 4) is 16.2 Å². The number of hydrogen-bond acceptors (Lipinski definition) is 4. The number of ether oxygens (including phenoxy) is 1. The van der Waals surface area contributed by atoms with Gasteiger partial charge in [0, 0.05) is 26.1 Å². The van der Waals surface area contributed by atoms with Gasteiger partial charge in [-0.05, 0) is 42.0 Å². The summed E-state index contributed by atoms with van der Waals surface area (Å²) in [5, 5.41) is 0.707. The Hall–Kier alpha value is -1.75. The second kappa shape index (κ2) is 6.04. The van der Waals surface area contributed by atoms with Crippen molar-refractivity contribution in [2.75, 3.05) is 0 Å². The van der Waals surface area contributed by atoms with Crippen molar-refractivity contribution >= 4 is 40.7 Å². The molecule has 0 bridgehead atoms. The average Bonchev–Trinajstić information content (AvgIpc) is 3.00. The number of thioether (sulfide) groups is 1. The summed E-state index contributed by atoms with van der Waals surface area (Å²) in [7, 11) is 0. The maximum Gasteiger partial charge on any atom is 0.353 e. The Kier molecular flexibility index (Phi) is 3.89. The molecule has 1 aliphatic rings. The van der Waals surface area contributed by atoms with Gasteiger partial charge in [0.15, 0.2) is 0 Å². The summed E-state index contributed by atoms with van der Waals surface area (Å²) < 4.78 is 5.43. The number of benzene rings is 2. The molecule has 3 aromatic rings. The number of halogens is 1. The van der Waals surface area contributed by atoms with E-state index in [9.17, 15) is 4.79 Å². The van der Waals surface area contributed by atoms with Crippen LogP contribution in [0.4, 0.5) is 0 Å². The van der Waals surface area contributed by atoms with Crippen LogP contribution in [0.5, 0.6) is 5.75 Å². The molecule has 0 spiro atoms. The Morgan fingerprint density at radius 2 is 1.91 bits per heavy atom. The predicted octanol–water partition coefficient (Wildman–Crippen LogP) is 5.89. The van der Waals surface area contributed by atoms with Crippen LogP contribution in [0, 0.1) is 0 Å². The van der Waals surface area contributed by atoms with Gasteiger partial charge in [0.25, 0.3) is 0 Å². The predicted molar refractivity (Wildman–Crippen MR) is 95.7 cm³/mol. The zero-order valence-corrected chi connectivity index (χ0v) is 14.3. The smallest absolute Gasteiger partial charge is 0.353 e. The minimum atomic E-state index is -0.316. The fourth-order valence-electron chi connectivity index (χ4n) is 2.47. The molecule has 114 valence electrons. The Labute approximate surface area is 147 Å². The van der Waals surface area contributed by atoms with E-state index in [0.717, 1.165) is 21.8 Å². The monoisotopic (exact) mass is 358 g/mol. The third-order valence-electron chi connectivity index (χ3n) is 3.53. The molecule has 0 aliphatic carbocycles. The minimum absolute atomic E-state index is 0.316. The molecule has 2 nitrogen and oxygen atoms in total. The zero-order valence-electron chi connectivity index (χ0n) is 11.9. The summed E-state index contributed by atoms with van der Waals surface area (Å²) in [6, 6.07) is 17.0. The van der Waals surface area contributed by atoms with Crippen LogP contribution < -0.4 is 4.74 Å². The molecular formula is C18H11ClO2S2. The Morgan fingerprint density at radius 3 is 2.74 bits per heavy atom. The van der Waals surface area contributed by atoms with Crippen LogP contribution in [-0.2, 0) is 5.75 Å². The van der Waals surface area contributed by atoms with Gasteiger partial charge in [-0.1, -0.05) is 29.8 Å². The molecule has 23 heavy (non-hydrogen) atoms. The molecular weight excluding hydrogens is 348 g/mol. The summed E-state index contributed by atoms with van der Waals surface area (Å²) in [6.07, 6.45) is 0. The quantitative estimate of drug-likeness (QED) is 0.422. The molecule has 0 saturated heterocycles. The van der Waals surface area contributed by atoms with Crippen LogP contribution in [0.2, 0.25) is 5.02 Å². The average molecular weight is 359 g/mol. The molecule has 5 heteroatoms. The SMILES string of the molecule is O=C(Oc1ccccc1)c1cc2c(s1)-c1cc(Cl)ccc1SC2. The molecule has 1 aromatic heterocycles. The molecule has 4 rings (SSSR count). The van der Waals surface area contributed by atoms with E-state index < -0.39 is 0 Å². The summed E-state index contributed by atoms with van der Waals surface area (Å²) in [5.41, 5.74) is 2.27. The van der Waals surface area contributed by atoms with Gasteiger partial charge in [0.1, 0.15) is 10.6 Å². The summed E-state index contributed by atoms with van der Waals surface area (Å²) >= 11 is 9.36. The van der Waals surface area contributed by atoms with Crippen molar-refractivity contribution in [2.45, 2.75) is 10.6 Å². The number of carbonyl (C=O) groups excluding carboxylic acids is 1. The Morgan fingerprint density at radius 1 is 1.09 bits per heavy atom. The number of fused-ring (bicyclic) bond motifs is 3. The molecule has 0 amide bonds. The van der Waals surface area contributed by atoms with Crippen LogP contribution in [-0.4, -0.2) is 5.97 Å². The number of carbonyl (C=O) groups is 1. The highest BCUT2D eigenvalue weighted by molar-refractivity contribution is 7.98. The molecule has 2 aromatic carbocycles. The molecule has 1 aliphatic heterocycles. The second-order valence-corrected chi connectivity index (χ2v) is 7.60. The van der Waals surface area contributed by atoms with Gasteiger partial charge in [-0.15, -0.1) is 23.1 Å². The van der Waals surface area contributed by atoms with Gasteiger partial charge in [0.2, 0.25) is 0 Å². The summed E-state index contributed by atoms with van der Waals surface area (Å²) in [4.78, 5) is 15.3. The van der Waals surface area contributed by atoms with Crippen LogP contribution in [0.25, 0.3) is 10.4 Å². The van der Waals surface area contributed by atoms with Crippen molar-refractivity contribution in [1.82, 2.24) is 0 Å². The molecule has 2 heterocycles.